The van der Waals surface area contributed by atoms with Crippen LogP contribution in [0.1, 0.15) is 30.9 Å². The number of fused-ring (bicyclic) bond motifs is 1. The van der Waals surface area contributed by atoms with E-state index in [4.69, 9.17) is 9.47 Å². The number of ether oxygens (including phenoxy) is 2. The van der Waals surface area contributed by atoms with Crippen LogP contribution in [-0.4, -0.2) is 30.1 Å². The number of rotatable bonds is 7. The van der Waals surface area contributed by atoms with Crippen molar-refractivity contribution in [1.29, 1.82) is 0 Å². The van der Waals surface area contributed by atoms with Gasteiger partial charge in [0.2, 0.25) is 0 Å². The van der Waals surface area contributed by atoms with Crippen LogP contribution in [0.25, 0.3) is 10.9 Å². The van der Waals surface area contributed by atoms with Crippen LogP contribution < -0.4 is 0 Å². The van der Waals surface area contributed by atoms with Crippen LogP contribution in [0.5, 0.6) is 0 Å². The Balaban J connectivity index is 2.23. The topological polar surface area (TPSA) is 68.4 Å². The van der Waals surface area contributed by atoms with Gasteiger partial charge in [0.05, 0.1) is 13.2 Å². The minimum atomic E-state index is -1.11. The number of H-pyrrole nitrogens is 1. The lowest BCUT2D eigenvalue weighted by atomic mass is 9.80. The second-order valence-corrected chi connectivity index (χ2v) is 7.12. The maximum absolute atomic E-state index is 12.9. The molecule has 2 aromatic carbocycles. The molecule has 5 nitrogen and oxygen atoms in total. The van der Waals surface area contributed by atoms with Crippen LogP contribution in [0.2, 0.25) is 0 Å². The van der Waals surface area contributed by atoms with Crippen molar-refractivity contribution < 1.29 is 19.1 Å². The lowest BCUT2D eigenvalue weighted by molar-refractivity contribution is -0.162. The Labute approximate surface area is 172 Å². The van der Waals surface area contributed by atoms with E-state index in [1.54, 1.807) is 13.8 Å². The van der Waals surface area contributed by atoms with Gasteiger partial charge in [0.1, 0.15) is 0 Å². The van der Waals surface area contributed by atoms with Crippen LogP contribution >= 0.6 is 15.9 Å². The predicted molar refractivity (Wildman–Crippen MR) is 111 cm³/mol. The number of esters is 2. The number of nitrogens with one attached hydrogen (secondary N) is 1. The second-order valence-electron chi connectivity index (χ2n) is 6.27. The van der Waals surface area contributed by atoms with E-state index in [-0.39, 0.29) is 13.2 Å². The quantitative estimate of drug-likeness (QED) is 0.420. The summed E-state index contributed by atoms with van der Waals surface area (Å²) in [6, 6.07) is 15.4. The van der Waals surface area contributed by atoms with Gasteiger partial charge in [-0.05, 0) is 37.1 Å². The standard InChI is InChI=1S/C22H22BrNO4/c1-3-27-21(25)20(22(26)28-4-2)19(15-10-5-7-11-17(15)23)16-13-24-18-12-8-6-9-14(16)18/h5-13,19-20,24H,3-4H2,1-2H3/t19-/m1/s1. The van der Waals surface area contributed by atoms with E-state index in [1.165, 1.54) is 0 Å². The first-order chi connectivity index (χ1) is 13.6. The van der Waals surface area contributed by atoms with Crippen LogP contribution in [0.4, 0.5) is 0 Å². The van der Waals surface area contributed by atoms with Gasteiger partial charge >= 0.3 is 11.9 Å². The van der Waals surface area contributed by atoms with E-state index in [1.807, 2.05) is 54.7 Å². The average Bonchev–Trinajstić information content (AvgIpc) is 3.11. The zero-order chi connectivity index (χ0) is 20.1. The summed E-state index contributed by atoms with van der Waals surface area (Å²) in [6.07, 6.45) is 1.85. The number of halogens is 1. The highest BCUT2D eigenvalue weighted by Crippen LogP contribution is 2.40. The Bertz CT molecular complexity index is 963. The van der Waals surface area contributed by atoms with Gasteiger partial charge in [0, 0.05) is 27.5 Å². The van der Waals surface area contributed by atoms with Crippen molar-refractivity contribution in [2.75, 3.05) is 13.2 Å². The maximum atomic E-state index is 12.9. The molecule has 6 heteroatoms. The number of benzene rings is 2. The number of hydrogen-bond donors (Lipinski definition) is 1. The van der Waals surface area contributed by atoms with Crippen LogP contribution in [0.3, 0.4) is 0 Å². The fourth-order valence-electron chi connectivity index (χ4n) is 3.44. The Hall–Kier alpha value is -2.60. The molecule has 3 aromatic rings. The van der Waals surface area contributed by atoms with Crippen molar-refractivity contribution >= 4 is 38.8 Å². The molecule has 0 bridgehead atoms. The summed E-state index contributed by atoms with van der Waals surface area (Å²) in [5.74, 6) is -2.86. The van der Waals surface area contributed by atoms with E-state index in [2.05, 4.69) is 20.9 Å². The van der Waals surface area contributed by atoms with Crippen LogP contribution in [0, 0.1) is 5.92 Å². The molecule has 1 atom stereocenters. The Morgan fingerprint density at radius 2 is 1.54 bits per heavy atom. The molecule has 1 aromatic heterocycles. The van der Waals surface area contributed by atoms with Gasteiger partial charge in [-0.1, -0.05) is 52.3 Å². The summed E-state index contributed by atoms with van der Waals surface area (Å²) >= 11 is 3.58. The first-order valence-corrected chi connectivity index (χ1v) is 10.0. The fraction of sp³-hybridized carbons (Fsp3) is 0.273. The van der Waals surface area contributed by atoms with Gasteiger partial charge in [0.15, 0.2) is 5.92 Å². The molecule has 1 heterocycles. The minimum Gasteiger partial charge on any atom is -0.465 e. The van der Waals surface area contributed by atoms with Gasteiger partial charge in [-0.2, -0.15) is 0 Å². The van der Waals surface area contributed by atoms with Gasteiger partial charge in [-0.3, -0.25) is 9.59 Å². The minimum absolute atomic E-state index is 0.186. The molecule has 0 fully saturated rings. The first-order valence-electron chi connectivity index (χ1n) is 9.22. The van der Waals surface area contributed by atoms with E-state index >= 15 is 0 Å². The van der Waals surface area contributed by atoms with Crippen molar-refractivity contribution in [1.82, 2.24) is 4.98 Å². The number of aromatic nitrogens is 1. The SMILES string of the molecule is CCOC(=O)C(C(=O)OCC)[C@H](c1ccccc1Br)c1c[nH]c2ccccc12. The highest BCUT2D eigenvalue weighted by molar-refractivity contribution is 9.10. The summed E-state index contributed by atoms with van der Waals surface area (Å²) in [5, 5.41) is 0.946. The third kappa shape index (κ3) is 3.97. The van der Waals surface area contributed by atoms with Crippen molar-refractivity contribution in [2.45, 2.75) is 19.8 Å². The van der Waals surface area contributed by atoms with Gasteiger partial charge in [-0.15, -0.1) is 0 Å². The van der Waals surface area contributed by atoms with Crippen molar-refractivity contribution in [3.63, 3.8) is 0 Å². The Morgan fingerprint density at radius 3 is 2.18 bits per heavy atom. The highest BCUT2D eigenvalue weighted by atomic mass is 79.9. The molecule has 146 valence electrons. The molecule has 1 N–H and O–H groups in total. The molecule has 28 heavy (non-hydrogen) atoms. The summed E-state index contributed by atoms with van der Waals surface area (Å²) in [6.45, 7) is 3.81. The smallest absolute Gasteiger partial charge is 0.321 e. The number of para-hydroxylation sites is 1. The molecule has 0 saturated heterocycles. The molecule has 0 amide bonds. The third-order valence-corrected chi connectivity index (χ3v) is 5.33. The molecular weight excluding hydrogens is 422 g/mol. The van der Waals surface area contributed by atoms with E-state index < -0.39 is 23.8 Å². The Kier molecular flexibility index (Phi) is 6.52. The molecular formula is C22H22BrNO4. The second kappa shape index (κ2) is 9.06. The molecule has 0 aliphatic rings. The van der Waals surface area contributed by atoms with Gasteiger partial charge < -0.3 is 14.5 Å². The lowest BCUT2D eigenvalue weighted by Crippen LogP contribution is -2.34. The monoisotopic (exact) mass is 443 g/mol. The van der Waals surface area contributed by atoms with E-state index in [0.717, 1.165) is 26.5 Å². The van der Waals surface area contributed by atoms with Gasteiger partial charge in [0.25, 0.3) is 0 Å². The average molecular weight is 444 g/mol. The predicted octanol–water partition coefficient (Wildman–Crippen LogP) is 4.80. The number of carbonyl (C=O) groups is 2. The van der Waals surface area contributed by atoms with Gasteiger partial charge in [-0.25, -0.2) is 0 Å². The summed E-state index contributed by atoms with van der Waals surface area (Å²) in [5.41, 5.74) is 2.59. The van der Waals surface area contributed by atoms with Crippen LogP contribution in [0.15, 0.2) is 59.2 Å². The summed E-state index contributed by atoms with van der Waals surface area (Å²) < 4.78 is 11.3. The molecule has 0 spiro atoms. The Morgan fingerprint density at radius 1 is 0.929 bits per heavy atom. The normalized spacial score (nSPS) is 12.1. The molecule has 3 rings (SSSR count). The molecule has 0 saturated carbocycles. The van der Waals surface area contributed by atoms with Crippen LogP contribution in [-0.2, 0) is 19.1 Å². The first kappa shape index (κ1) is 20.1. The zero-order valence-corrected chi connectivity index (χ0v) is 17.4. The van der Waals surface area contributed by atoms with Crippen molar-refractivity contribution in [3.05, 3.63) is 70.3 Å². The number of aromatic amines is 1. The number of hydrogen-bond acceptors (Lipinski definition) is 4. The third-order valence-electron chi connectivity index (χ3n) is 4.61. The molecule has 0 aliphatic heterocycles. The molecule has 0 radical (unpaired) electrons. The fourth-order valence-corrected chi connectivity index (χ4v) is 3.97. The lowest BCUT2D eigenvalue weighted by Gasteiger charge is -2.25. The van der Waals surface area contributed by atoms with Crippen molar-refractivity contribution in [2.24, 2.45) is 5.92 Å². The van der Waals surface area contributed by atoms with E-state index in [9.17, 15) is 9.59 Å². The van der Waals surface area contributed by atoms with Crippen molar-refractivity contribution in [3.8, 4) is 0 Å². The number of carbonyl (C=O) groups excluding carboxylic acids is 2. The van der Waals surface area contributed by atoms with E-state index in [0.29, 0.717) is 0 Å². The zero-order valence-electron chi connectivity index (χ0n) is 15.8. The summed E-state index contributed by atoms with van der Waals surface area (Å²) in [7, 11) is 0. The molecule has 0 unspecified atom stereocenters. The largest absolute Gasteiger partial charge is 0.465 e. The summed E-state index contributed by atoms with van der Waals surface area (Å²) in [4.78, 5) is 29.0. The molecule has 0 aliphatic carbocycles. The maximum Gasteiger partial charge on any atom is 0.321 e. The highest BCUT2D eigenvalue weighted by Gasteiger charge is 2.41.